The van der Waals surface area contributed by atoms with Gasteiger partial charge in [0, 0.05) is 6.42 Å². The van der Waals surface area contributed by atoms with Crippen LogP contribution in [0.4, 0.5) is 0 Å². The van der Waals surface area contributed by atoms with E-state index >= 15 is 0 Å². The first-order valence-corrected chi connectivity index (χ1v) is 6.66. The highest BCUT2D eigenvalue weighted by atomic mass is 16.5. The van der Waals surface area contributed by atoms with Crippen molar-refractivity contribution in [1.82, 2.24) is 10.3 Å². The highest BCUT2D eigenvalue weighted by molar-refractivity contribution is 5.29. The molecule has 2 heterocycles. The summed E-state index contributed by atoms with van der Waals surface area (Å²) in [6.07, 6.45) is 4.91. The molecule has 1 aliphatic heterocycles. The Morgan fingerprint density at radius 3 is 2.89 bits per heavy atom. The van der Waals surface area contributed by atoms with Gasteiger partial charge >= 0.3 is 0 Å². The summed E-state index contributed by atoms with van der Waals surface area (Å²) in [6.45, 7) is 1.06. The van der Waals surface area contributed by atoms with Crippen LogP contribution in [-0.2, 0) is 6.42 Å². The van der Waals surface area contributed by atoms with E-state index in [-0.39, 0.29) is 0 Å². The van der Waals surface area contributed by atoms with Crippen LogP contribution in [-0.4, -0.2) is 18.6 Å². The van der Waals surface area contributed by atoms with Crippen LogP contribution in [0.15, 0.2) is 34.9 Å². The van der Waals surface area contributed by atoms with Gasteiger partial charge in [0.15, 0.2) is 0 Å². The summed E-state index contributed by atoms with van der Waals surface area (Å²) in [5.74, 6) is 2.60. The Balaban J connectivity index is 1.68. The summed E-state index contributed by atoms with van der Waals surface area (Å²) >= 11 is 0. The van der Waals surface area contributed by atoms with Gasteiger partial charge in [-0.3, -0.25) is 0 Å². The smallest absolute Gasteiger partial charge is 0.211 e. The summed E-state index contributed by atoms with van der Waals surface area (Å²) in [7, 11) is 1.67. The third-order valence-electron chi connectivity index (χ3n) is 3.47. The molecule has 1 fully saturated rings. The molecule has 19 heavy (non-hydrogen) atoms. The van der Waals surface area contributed by atoms with E-state index in [1.807, 2.05) is 18.3 Å². The number of benzene rings is 1. The molecule has 1 aromatic carbocycles. The van der Waals surface area contributed by atoms with Gasteiger partial charge in [0.2, 0.25) is 5.89 Å². The quantitative estimate of drug-likeness (QED) is 0.916. The van der Waals surface area contributed by atoms with Crippen molar-refractivity contribution in [2.45, 2.75) is 25.3 Å². The second-order valence-electron chi connectivity index (χ2n) is 4.84. The molecule has 1 saturated heterocycles. The first kappa shape index (κ1) is 12.2. The molecule has 1 atom stereocenters. The Hall–Kier alpha value is -1.81. The minimum Gasteiger partial charge on any atom is -0.497 e. The van der Waals surface area contributed by atoms with Crippen LogP contribution in [0.2, 0.25) is 0 Å². The lowest BCUT2D eigenvalue weighted by molar-refractivity contribution is 0.408. The van der Waals surface area contributed by atoms with Gasteiger partial charge in [-0.25, -0.2) is 4.98 Å². The van der Waals surface area contributed by atoms with Crippen LogP contribution in [0.5, 0.6) is 5.75 Å². The molecule has 100 valence electrons. The van der Waals surface area contributed by atoms with Gasteiger partial charge in [-0.15, -0.1) is 0 Å². The summed E-state index contributed by atoms with van der Waals surface area (Å²) in [5, 5.41) is 3.39. The maximum Gasteiger partial charge on any atom is 0.211 e. The number of oxazole rings is 1. The minimum absolute atomic E-state index is 0.296. The summed E-state index contributed by atoms with van der Waals surface area (Å²) < 4.78 is 11.0. The molecule has 3 rings (SSSR count). The molecule has 0 aliphatic carbocycles. The second kappa shape index (κ2) is 5.45. The monoisotopic (exact) mass is 258 g/mol. The second-order valence-corrected chi connectivity index (χ2v) is 4.84. The molecular weight excluding hydrogens is 240 g/mol. The first-order valence-electron chi connectivity index (χ1n) is 6.66. The zero-order valence-electron chi connectivity index (χ0n) is 11.1. The van der Waals surface area contributed by atoms with Crippen molar-refractivity contribution in [2.24, 2.45) is 0 Å². The van der Waals surface area contributed by atoms with E-state index in [1.165, 1.54) is 12.0 Å². The van der Waals surface area contributed by atoms with E-state index in [1.54, 1.807) is 7.11 Å². The number of nitrogens with zero attached hydrogens (tertiary/aromatic N) is 1. The zero-order valence-corrected chi connectivity index (χ0v) is 11.1. The van der Waals surface area contributed by atoms with Gasteiger partial charge in [0.1, 0.15) is 11.5 Å². The topological polar surface area (TPSA) is 47.3 Å². The summed E-state index contributed by atoms with van der Waals surface area (Å²) in [5.41, 5.74) is 1.20. The highest BCUT2D eigenvalue weighted by Crippen LogP contribution is 2.23. The predicted molar refractivity (Wildman–Crippen MR) is 72.3 cm³/mol. The van der Waals surface area contributed by atoms with Crippen molar-refractivity contribution in [1.29, 1.82) is 0 Å². The van der Waals surface area contributed by atoms with Crippen LogP contribution in [0.3, 0.4) is 0 Å². The molecule has 2 aromatic rings. The van der Waals surface area contributed by atoms with E-state index in [2.05, 4.69) is 22.4 Å². The van der Waals surface area contributed by atoms with Crippen molar-refractivity contribution in [2.75, 3.05) is 13.7 Å². The molecule has 0 unspecified atom stereocenters. The summed E-state index contributed by atoms with van der Waals surface area (Å²) in [4.78, 5) is 4.37. The van der Waals surface area contributed by atoms with Crippen LogP contribution >= 0.6 is 0 Å². The average Bonchev–Trinajstić information content (AvgIpc) is 3.10. The fraction of sp³-hybridized carbons (Fsp3) is 0.400. The van der Waals surface area contributed by atoms with Gasteiger partial charge < -0.3 is 14.5 Å². The van der Waals surface area contributed by atoms with Crippen molar-refractivity contribution in [3.63, 3.8) is 0 Å². The van der Waals surface area contributed by atoms with E-state index in [4.69, 9.17) is 9.15 Å². The van der Waals surface area contributed by atoms with Crippen molar-refractivity contribution in [3.8, 4) is 5.75 Å². The molecule has 1 aromatic heterocycles. The standard InChI is InChI=1S/C15H18N2O2/c1-18-12-6-4-11(5-7-12)9-13-10-17-15(19-13)14-3-2-8-16-14/h4-7,10,14,16H,2-3,8-9H2,1H3/t14-/m1/s1. The van der Waals surface area contributed by atoms with Crippen LogP contribution < -0.4 is 10.1 Å². The number of hydrogen-bond acceptors (Lipinski definition) is 4. The Bertz CT molecular complexity index is 527. The highest BCUT2D eigenvalue weighted by Gasteiger charge is 2.20. The van der Waals surface area contributed by atoms with Crippen LogP contribution in [0.1, 0.15) is 36.1 Å². The molecule has 0 bridgehead atoms. The minimum atomic E-state index is 0.296. The lowest BCUT2D eigenvalue weighted by atomic mass is 10.1. The Morgan fingerprint density at radius 1 is 1.37 bits per heavy atom. The third-order valence-corrected chi connectivity index (χ3v) is 3.47. The van der Waals surface area contributed by atoms with Gasteiger partial charge in [-0.05, 0) is 37.1 Å². The van der Waals surface area contributed by atoms with E-state index in [0.29, 0.717) is 6.04 Å². The number of ether oxygens (including phenoxy) is 1. The maximum atomic E-state index is 5.82. The Labute approximate surface area is 112 Å². The van der Waals surface area contributed by atoms with Gasteiger partial charge in [0.05, 0.1) is 19.3 Å². The molecule has 0 radical (unpaired) electrons. The largest absolute Gasteiger partial charge is 0.497 e. The Kier molecular flexibility index (Phi) is 3.51. The number of nitrogens with one attached hydrogen (secondary N) is 1. The van der Waals surface area contributed by atoms with Crippen LogP contribution in [0, 0.1) is 0 Å². The van der Waals surface area contributed by atoms with Gasteiger partial charge in [-0.2, -0.15) is 0 Å². The zero-order chi connectivity index (χ0) is 13.1. The van der Waals surface area contributed by atoms with Gasteiger partial charge in [-0.1, -0.05) is 12.1 Å². The van der Waals surface area contributed by atoms with Crippen molar-refractivity contribution < 1.29 is 9.15 Å². The number of methoxy groups -OCH3 is 1. The van der Waals surface area contributed by atoms with Crippen molar-refractivity contribution in [3.05, 3.63) is 47.7 Å². The van der Waals surface area contributed by atoms with Gasteiger partial charge in [0.25, 0.3) is 0 Å². The average molecular weight is 258 g/mol. The number of hydrogen-bond donors (Lipinski definition) is 1. The maximum absolute atomic E-state index is 5.82. The first-order chi connectivity index (χ1) is 9.35. The molecule has 4 nitrogen and oxygen atoms in total. The SMILES string of the molecule is COc1ccc(Cc2cnc([C@H]3CCCN3)o2)cc1. The molecular formula is C15H18N2O2. The molecule has 1 aliphatic rings. The fourth-order valence-corrected chi connectivity index (χ4v) is 2.41. The fourth-order valence-electron chi connectivity index (χ4n) is 2.41. The molecule has 0 saturated carbocycles. The van der Waals surface area contributed by atoms with Crippen molar-refractivity contribution >= 4 is 0 Å². The molecule has 4 heteroatoms. The van der Waals surface area contributed by atoms with E-state index in [9.17, 15) is 0 Å². The number of rotatable bonds is 4. The van der Waals surface area contributed by atoms with Crippen LogP contribution in [0.25, 0.3) is 0 Å². The lowest BCUT2D eigenvalue weighted by Crippen LogP contribution is -2.12. The molecule has 0 spiro atoms. The van der Waals surface area contributed by atoms with E-state index < -0.39 is 0 Å². The lowest BCUT2D eigenvalue weighted by Gasteiger charge is -2.04. The molecule has 1 N–H and O–H groups in total. The third kappa shape index (κ3) is 2.79. The molecule has 0 amide bonds. The number of aromatic nitrogens is 1. The predicted octanol–water partition coefficient (Wildman–Crippen LogP) is 2.70. The normalized spacial score (nSPS) is 18.7. The Morgan fingerprint density at radius 2 is 2.21 bits per heavy atom. The summed E-state index contributed by atoms with van der Waals surface area (Å²) in [6, 6.07) is 8.32. The van der Waals surface area contributed by atoms with E-state index in [0.717, 1.165) is 36.8 Å².